The molecule has 0 heterocycles. The molecule has 0 atom stereocenters. The van der Waals surface area contributed by atoms with E-state index in [9.17, 15) is 0 Å². The SMILES string of the molecule is CN(C)Cc1ccc2cc(Br)ccc2c1. The Morgan fingerprint density at radius 3 is 2.40 bits per heavy atom. The molecular weight excluding hydrogens is 250 g/mol. The molecule has 15 heavy (non-hydrogen) atoms. The van der Waals surface area contributed by atoms with Crippen LogP contribution in [0.2, 0.25) is 0 Å². The summed E-state index contributed by atoms with van der Waals surface area (Å²) < 4.78 is 1.13. The lowest BCUT2D eigenvalue weighted by molar-refractivity contribution is 0.403. The minimum absolute atomic E-state index is 0.992. The zero-order chi connectivity index (χ0) is 10.8. The van der Waals surface area contributed by atoms with E-state index in [1.54, 1.807) is 0 Å². The third kappa shape index (κ3) is 2.58. The van der Waals surface area contributed by atoms with Gasteiger partial charge in [0.25, 0.3) is 0 Å². The average molecular weight is 264 g/mol. The normalized spacial score (nSPS) is 11.2. The van der Waals surface area contributed by atoms with Crippen LogP contribution in [0.5, 0.6) is 0 Å². The maximum Gasteiger partial charge on any atom is 0.0227 e. The van der Waals surface area contributed by atoms with Crippen molar-refractivity contribution in [2.24, 2.45) is 0 Å². The second-order valence-corrected chi connectivity index (χ2v) is 4.98. The van der Waals surface area contributed by atoms with E-state index in [0.717, 1.165) is 11.0 Å². The maximum absolute atomic E-state index is 3.48. The van der Waals surface area contributed by atoms with E-state index >= 15 is 0 Å². The second kappa shape index (κ2) is 4.33. The summed E-state index contributed by atoms with van der Waals surface area (Å²) in [4.78, 5) is 2.18. The molecule has 0 aliphatic heterocycles. The van der Waals surface area contributed by atoms with Crippen molar-refractivity contribution in [3.8, 4) is 0 Å². The highest BCUT2D eigenvalue weighted by Crippen LogP contribution is 2.21. The molecule has 0 aliphatic carbocycles. The summed E-state index contributed by atoms with van der Waals surface area (Å²) in [5.41, 5.74) is 1.36. The molecule has 0 amide bonds. The second-order valence-electron chi connectivity index (χ2n) is 4.06. The van der Waals surface area contributed by atoms with Crippen LogP contribution < -0.4 is 0 Å². The first-order valence-corrected chi connectivity index (χ1v) is 5.77. The van der Waals surface area contributed by atoms with E-state index in [-0.39, 0.29) is 0 Å². The predicted octanol–water partition coefficient (Wildman–Crippen LogP) is 3.66. The van der Waals surface area contributed by atoms with Crippen molar-refractivity contribution in [1.82, 2.24) is 4.90 Å². The molecule has 0 fully saturated rings. The highest BCUT2D eigenvalue weighted by Gasteiger charge is 1.98. The van der Waals surface area contributed by atoms with Gasteiger partial charge in [0.1, 0.15) is 0 Å². The van der Waals surface area contributed by atoms with Crippen LogP contribution in [0.15, 0.2) is 40.9 Å². The minimum atomic E-state index is 0.992. The number of halogens is 1. The number of benzene rings is 2. The first-order chi connectivity index (χ1) is 7.15. The average Bonchev–Trinajstić information content (AvgIpc) is 2.17. The topological polar surface area (TPSA) is 3.24 Å². The van der Waals surface area contributed by atoms with Crippen LogP contribution in [0.3, 0.4) is 0 Å². The zero-order valence-corrected chi connectivity index (χ0v) is 10.6. The van der Waals surface area contributed by atoms with Crippen LogP contribution in [0.4, 0.5) is 0 Å². The Morgan fingerprint density at radius 2 is 1.67 bits per heavy atom. The molecule has 0 saturated carbocycles. The zero-order valence-electron chi connectivity index (χ0n) is 9.00. The van der Waals surface area contributed by atoms with E-state index in [1.165, 1.54) is 16.3 Å². The molecule has 2 aromatic carbocycles. The summed E-state index contributed by atoms with van der Waals surface area (Å²) in [6.07, 6.45) is 0. The fourth-order valence-corrected chi connectivity index (χ4v) is 2.11. The lowest BCUT2D eigenvalue weighted by Gasteiger charge is -2.10. The molecule has 0 aliphatic rings. The van der Waals surface area contributed by atoms with E-state index in [1.807, 2.05) is 0 Å². The van der Waals surface area contributed by atoms with E-state index in [2.05, 4.69) is 71.3 Å². The van der Waals surface area contributed by atoms with Gasteiger partial charge in [-0.25, -0.2) is 0 Å². The van der Waals surface area contributed by atoms with E-state index in [0.29, 0.717) is 0 Å². The first kappa shape index (κ1) is 10.7. The van der Waals surface area contributed by atoms with E-state index in [4.69, 9.17) is 0 Å². The lowest BCUT2D eigenvalue weighted by Crippen LogP contribution is -2.10. The Balaban J connectivity index is 2.43. The van der Waals surface area contributed by atoms with Gasteiger partial charge >= 0.3 is 0 Å². The van der Waals surface area contributed by atoms with Crippen molar-refractivity contribution in [2.45, 2.75) is 6.54 Å². The molecule has 2 aromatic rings. The number of nitrogens with zero attached hydrogens (tertiary/aromatic N) is 1. The van der Waals surface area contributed by atoms with Crippen molar-refractivity contribution in [2.75, 3.05) is 14.1 Å². The van der Waals surface area contributed by atoms with Gasteiger partial charge in [0.2, 0.25) is 0 Å². The van der Waals surface area contributed by atoms with Gasteiger partial charge < -0.3 is 4.90 Å². The molecule has 2 rings (SSSR count). The Hall–Kier alpha value is -0.860. The van der Waals surface area contributed by atoms with Crippen molar-refractivity contribution in [1.29, 1.82) is 0 Å². The lowest BCUT2D eigenvalue weighted by atomic mass is 10.1. The quantitative estimate of drug-likeness (QED) is 0.800. The number of fused-ring (bicyclic) bond motifs is 1. The summed E-state index contributed by atoms with van der Waals surface area (Å²) in [6, 6.07) is 13.0. The summed E-state index contributed by atoms with van der Waals surface area (Å²) in [5.74, 6) is 0. The van der Waals surface area contributed by atoms with Crippen LogP contribution in [0.25, 0.3) is 10.8 Å². The Labute approximate surface area is 98.8 Å². The summed E-state index contributed by atoms with van der Waals surface area (Å²) in [6.45, 7) is 0.992. The van der Waals surface area contributed by atoms with Gasteiger partial charge in [0.15, 0.2) is 0 Å². The van der Waals surface area contributed by atoms with Crippen LogP contribution in [0, 0.1) is 0 Å². The fourth-order valence-electron chi connectivity index (χ4n) is 1.73. The van der Waals surface area contributed by atoms with Crippen LogP contribution in [0.1, 0.15) is 5.56 Å². The first-order valence-electron chi connectivity index (χ1n) is 4.98. The number of hydrogen-bond acceptors (Lipinski definition) is 1. The Bertz CT molecular complexity index is 477. The third-order valence-corrected chi connectivity index (χ3v) is 2.86. The van der Waals surface area contributed by atoms with Gasteiger partial charge in [-0.1, -0.05) is 34.1 Å². The predicted molar refractivity (Wildman–Crippen MR) is 69.0 cm³/mol. The molecule has 2 heteroatoms. The van der Waals surface area contributed by atoms with Crippen molar-refractivity contribution < 1.29 is 0 Å². The Morgan fingerprint density at radius 1 is 1.00 bits per heavy atom. The van der Waals surface area contributed by atoms with Crippen molar-refractivity contribution in [3.63, 3.8) is 0 Å². The molecule has 0 saturated heterocycles. The third-order valence-electron chi connectivity index (χ3n) is 2.37. The van der Waals surface area contributed by atoms with E-state index < -0.39 is 0 Å². The van der Waals surface area contributed by atoms with Gasteiger partial charge in [-0.15, -0.1) is 0 Å². The highest BCUT2D eigenvalue weighted by molar-refractivity contribution is 9.10. The van der Waals surface area contributed by atoms with Crippen molar-refractivity contribution in [3.05, 3.63) is 46.4 Å². The molecule has 0 radical (unpaired) electrons. The van der Waals surface area contributed by atoms with Gasteiger partial charge in [-0.2, -0.15) is 0 Å². The largest absolute Gasteiger partial charge is 0.305 e. The summed E-state index contributed by atoms with van der Waals surface area (Å²) in [7, 11) is 4.18. The monoisotopic (exact) mass is 263 g/mol. The molecule has 0 aromatic heterocycles. The van der Waals surface area contributed by atoms with Crippen molar-refractivity contribution >= 4 is 26.7 Å². The van der Waals surface area contributed by atoms with Crippen LogP contribution >= 0.6 is 15.9 Å². The standard InChI is InChI=1S/C13H14BrN/c1-15(2)9-10-3-4-12-8-13(14)6-5-11(12)7-10/h3-8H,9H2,1-2H3. The molecular formula is C13H14BrN. The molecule has 0 N–H and O–H groups in total. The molecule has 1 nitrogen and oxygen atoms in total. The number of rotatable bonds is 2. The maximum atomic E-state index is 3.48. The van der Waals surface area contributed by atoms with Crippen LogP contribution in [-0.2, 0) is 6.54 Å². The fraction of sp³-hybridized carbons (Fsp3) is 0.231. The van der Waals surface area contributed by atoms with Gasteiger partial charge in [0, 0.05) is 11.0 Å². The van der Waals surface area contributed by atoms with Crippen LogP contribution in [-0.4, -0.2) is 19.0 Å². The Kier molecular flexibility index (Phi) is 3.08. The minimum Gasteiger partial charge on any atom is -0.305 e. The number of hydrogen-bond donors (Lipinski definition) is 0. The van der Waals surface area contributed by atoms with Gasteiger partial charge in [-0.05, 0) is 48.6 Å². The molecule has 78 valence electrons. The summed E-state index contributed by atoms with van der Waals surface area (Å²) >= 11 is 3.48. The summed E-state index contributed by atoms with van der Waals surface area (Å²) in [5, 5.41) is 2.59. The molecule has 0 unspecified atom stereocenters. The highest BCUT2D eigenvalue weighted by atomic mass is 79.9. The van der Waals surface area contributed by atoms with Gasteiger partial charge in [0.05, 0.1) is 0 Å². The smallest absolute Gasteiger partial charge is 0.0227 e. The molecule has 0 bridgehead atoms. The molecule has 0 spiro atoms. The van der Waals surface area contributed by atoms with Gasteiger partial charge in [-0.3, -0.25) is 0 Å².